The third-order valence-corrected chi connectivity index (χ3v) is 5.11. The van der Waals surface area contributed by atoms with Gasteiger partial charge in [-0.1, -0.05) is 23.8 Å². The predicted molar refractivity (Wildman–Crippen MR) is 85.0 cm³/mol. The SMILES string of the molecule is Cc1ccc([C@H](C)NC(=O)[C@H]2[C@@H](C(=O)O)[C@H]3CC[C@H]2O3)c(C)c1. The summed E-state index contributed by atoms with van der Waals surface area (Å²) in [6.45, 7) is 5.98. The molecule has 5 atom stereocenters. The number of carbonyl (C=O) groups excluding carboxylic acids is 1. The number of aliphatic carboxylic acids is 1. The summed E-state index contributed by atoms with van der Waals surface area (Å²) in [5, 5.41) is 12.4. The van der Waals surface area contributed by atoms with Crippen molar-refractivity contribution in [2.45, 2.75) is 51.9 Å². The summed E-state index contributed by atoms with van der Waals surface area (Å²) in [5.74, 6) is -2.45. The number of amides is 1. The van der Waals surface area contributed by atoms with Crippen LogP contribution in [0.2, 0.25) is 0 Å². The van der Waals surface area contributed by atoms with E-state index < -0.39 is 17.8 Å². The molecule has 0 unspecified atom stereocenters. The first kappa shape index (κ1) is 16.0. The Labute approximate surface area is 136 Å². The van der Waals surface area contributed by atoms with Crippen molar-refractivity contribution in [2.75, 3.05) is 0 Å². The number of benzene rings is 1. The van der Waals surface area contributed by atoms with E-state index >= 15 is 0 Å². The lowest BCUT2D eigenvalue weighted by Gasteiger charge is -2.26. The lowest BCUT2D eigenvalue weighted by atomic mass is 9.78. The second-order valence-corrected chi connectivity index (χ2v) is 6.77. The van der Waals surface area contributed by atoms with Crippen molar-refractivity contribution < 1.29 is 19.4 Å². The summed E-state index contributed by atoms with van der Waals surface area (Å²) in [6.07, 6.45) is 0.930. The Kier molecular flexibility index (Phi) is 4.15. The number of rotatable bonds is 4. The van der Waals surface area contributed by atoms with Crippen molar-refractivity contribution in [1.29, 1.82) is 0 Å². The minimum absolute atomic E-state index is 0.156. The molecule has 124 valence electrons. The van der Waals surface area contributed by atoms with Crippen LogP contribution in [0.1, 0.15) is 42.5 Å². The Morgan fingerprint density at radius 3 is 2.48 bits per heavy atom. The van der Waals surface area contributed by atoms with Crippen LogP contribution in [-0.4, -0.2) is 29.2 Å². The molecule has 5 heteroatoms. The highest BCUT2D eigenvalue weighted by atomic mass is 16.5. The van der Waals surface area contributed by atoms with Gasteiger partial charge in [0.2, 0.25) is 5.91 Å². The highest BCUT2D eigenvalue weighted by Gasteiger charge is 2.55. The number of hydrogen-bond donors (Lipinski definition) is 2. The van der Waals surface area contributed by atoms with E-state index in [-0.39, 0.29) is 24.2 Å². The molecule has 0 saturated carbocycles. The Morgan fingerprint density at radius 1 is 1.22 bits per heavy atom. The van der Waals surface area contributed by atoms with Gasteiger partial charge in [-0.2, -0.15) is 0 Å². The van der Waals surface area contributed by atoms with Gasteiger partial charge in [-0.25, -0.2) is 0 Å². The van der Waals surface area contributed by atoms with Gasteiger partial charge in [-0.15, -0.1) is 0 Å². The van der Waals surface area contributed by atoms with Crippen molar-refractivity contribution in [3.8, 4) is 0 Å². The number of hydrogen-bond acceptors (Lipinski definition) is 3. The number of carboxylic acids is 1. The standard InChI is InChI=1S/C18H23NO4/c1-9-4-5-12(10(2)8-9)11(3)19-17(20)15-13-6-7-14(23-13)16(15)18(21)22/h4-5,8,11,13-16H,6-7H2,1-3H3,(H,19,20)(H,21,22)/t11-,13+,14+,15+,16-/m0/s1. The van der Waals surface area contributed by atoms with Gasteiger partial charge in [0.1, 0.15) is 0 Å². The van der Waals surface area contributed by atoms with Gasteiger partial charge < -0.3 is 15.2 Å². The molecule has 0 aliphatic carbocycles. The topological polar surface area (TPSA) is 75.6 Å². The number of aryl methyl sites for hydroxylation is 2. The Hall–Kier alpha value is -1.88. The highest BCUT2D eigenvalue weighted by Crippen LogP contribution is 2.43. The second-order valence-electron chi connectivity index (χ2n) is 6.77. The van der Waals surface area contributed by atoms with Crippen LogP contribution < -0.4 is 5.32 Å². The molecule has 1 aromatic carbocycles. The van der Waals surface area contributed by atoms with E-state index in [0.717, 1.165) is 24.0 Å². The number of nitrogens with one attached hydrogen (secondary N) is 1. The smallest absolute Gasteiger partial charge is 0.310 e. The second kappa shape index (κ2) is 5.96. The summed E-state index contributed by atoms with van der Waals surface area (Å²) >= 11 is 0. The lowest BCUT2D eigenvalue weighted by Crippen LogP contribution is -2.44. The molecule has 2 aliphatic rings. The van der Waals surface area contributed by atoms with Crippen molar-refractivity contribution in [3.05, 3.63) is 34.9 Å². The maximum absolute atomic E-state index is 12.7. The molecule has 2 heterocycles. The summed E-state index contributed by atoms with van der Waals surface area (Å²) in [7, 11) is 0. The van der Waals surface area contributed by atoms with Crippen LogP contribution in [0.3, 0.4) is 0 Å². The van der Waals surface area contributed by atoms with Crippen molar-refractivity contribution in [1.82, 2.24) is 5.32 Å². The van der Waals surface area contributed by atoms with Crippen LogP contribution in [-0.2, 0) is 14.3 Å². The highest BCUT2D eigenvalue weighted by molar-refractivity contribution is 5.86. The summed E-state index contributed by atoms with van der Waals surface area (Å²) in [6, 6.07) is 5.96. The zero-order chi connectivity index (χ0) is 16.7. The van der Waals surface area contributed by atoms with Crippen molar-refractivity contribution in [3.63, 3.8) is 0 Å². The first-order chi connectivity index (χ1) is 10.9. The molecule has 2 bridgehead atoms. The minimum atomic E-state index is -0.934. The van der Waals surface area contributed by atoms with Crippen molar-refractivity contribution >= 4 is 11.9 Å². The molecule has 2 fully saturated rings. The monoisotopic (exact) mass is 317 g/mol. The maximum atomic E-state index is 12.7. The van der Waals surface area contributed by atoms with Crippen LogP contribution in [0.25, 0.3) is 0 Å². The molecule has 3 rings (SSSR count). The van der Waals surface area contributed by atoms with Gasteiger partial charge in [0.15, 0.2) is 0 Å². The van der Waals surface area contributed by atoms with E-state index in [0.29, 0.717) is 0 Å². The molecular weight excluding hydrogens is 294 g/mol. The van der Waals surface area contributed by atoms with Gasteiger partial charge in [0.25, 0.3) is 0 Å². The van der Waals surface area contributed by atoms with E-state index in [1.807, 2.05) is 32.9 Å². The molecule has 2 N–H and O–H groups in total. The summed E-state index contributed by atoms with van der Waals surface area (Å²) in [5.41, 5.74) is 3.36. The van der Waals surface area contributed by atoms with E-state index in [9.17, 15) is 14.7 Å². The lowest BCUT2D eigenvalue weighted by molar-refractivity contribution is -0.148. The molecule has 0 radical (unpaired) electrons. The number of fused-ring (bicyclic) bond motifs is 2. The summed E-state index contributed by atoms with van der Waals surface area (Å²) < 4.78 is 5.67. The fourth-order valence-electron chi connectivity index (χ4n) is 4.02. The average molecular weight is 317 g/mol. The number of carbonyl (C=O) groups is 2. The first-order valence-corrected chi connectivity index (χ1v) is 8.14. The van der Waals surface area contributed by atoms with E-state index in [1.165, 1.54) is 5.56 Å². The molecule has 1 aromatic rings. The van der Waals surface area contributed by atoms with Crippen LogP contribution in [0.5, 0.6) is 0 Å². The fraction of sp³-hybridized carbons (Fsp3) is 0.556. The van der Waals surface area contributed by atoms with Crippen LogP contribution in [0.15, 0.2) is 18.2 Å². The minimum Gasteiger partial charge on any atom is -0.481 e. The zero-order valence-electron chi connectivity index (χ0n) is 13.7. The van der Waals surface area contributed by atoms with Crippen LogP contribution in [0, 0.1) is 25.7 Å². The molecule has 5 nitrogen and oxygen atoms in total. The van der Waals surface area contributed by atoms with Gasteiger partial charge in [-0.05, 0) is 44.7 Å². The van der Waals surface area contributed by atoms with Gasteiger partial charge in [-0.3, -0.25) is 9.59 Å². The Balaban J connectivity index is 1.74. The number of carboxylic acid groups (broad SMARTS) is 1. The Morgan fingerprint density at radius 2 is 1.87 bits per heavy atom. The third kappa shape index (κ3) is 2.85. The van der Waals surface area contributed by atoms with Crippen molar-refractivity contribution in [2.24, 2.45) is 11.8 Å². The van der Waals surface area contributed by atoms with E-state index in [1.54, 1.807) is 0 Å². The molecule has 2 saturated heterocycles. The van der Waals surface area contributed by atoms with Gasteiger partial charge >= 0.3 is 5.97 Å². The molecule has 0 aromatic heterocycles. The summed E-state index contributed by atoms with van der Waals surface area (Å²) in [4.78, 5) is 24.2. The van der Waals surface area contributed by atoms with Gasteiger partial charge in [0.05, 0.1) is 30.1 Å². The molecular formula is C18H23NO4. The zero-order valence-corrected chi connectivity index (χ0v) is 13.7. The maximum Gasteiger partial charge on any atom is 0.310 e. The average Bonchev–Trinajstić information content (AvgIpc) is 3.07. The van der Waals surface area contributed by atoms with Crippen LogP contribution in [0.4, 0.5) is 0 Å². The molecule has 23 heavy (non-hydrogen) atoms. The van der Waals surface area contributed by atoms with Gasteiger partial charge in [0, 0.05) is 0 Å². The first-order valence-electron chi connectivity index (χ1n) is 8.14. The molecule has 0 spiro atoms. The normalized spacial score (nSPS) is 30.2. The molecule has 2 aliphatic heterocycles. The fourth-order valence-corrected chi connectivity index (χ4v) is 4.02. The Bertz CT molecular complexity index is 642. The quantitative estimate of drug-likeness (QED) is 0.894. The third-order valence-electron chi connectivity index (χ3n) is 5.11. The molecule has 1 amide bonds. The van der Waals surface area contributed by atoms with Crippen LogP contribution >= 0.6 is 0 Å². The van der Waals surface area contributed by atoms with E-state index in [2.05, 4.69) is 11.4 Å². The predicted octanol–water partition coefficient (Wildman–Crippen LogP) is 2.36. The van der Waals surface area contributed by atoms with E-state index in [4.69, 9.17) is 4.74 Å². The largest absolute Gasteiger partial charge is 0.481 e. The number of ether oxygens (including phenoxy) is 1.